The van der Waals surface area contributed by atoms with E-state index < -0.39 is 29.0 Å². The van der Waals surface area contributed by atoms with Crippen LogP contribution in [0.3, 0.4) is 0 Å². The summed E-state index contributed by atoms with van der Waals surface area (Å²) >= 11 is 0. The van der Waals surface area contributed by atoms with Crippen molar-refractivity contribution < 1.29 is 18.7 Å². The maximum atomic E-state index is 13.8. The quantitative estimate of drug-likeness (QED) is 0.936. The van der Waals surface area contributed by atoms with Gasteiger partial charge < -0.3 is 5.11 Å². The summed E-state index contributed by atoms with van der Waals surface area (Å²) in [6, 6.07) is 3.20. The normalized spacial score (nSPS) is 10.7. The maximum Gasteiger partial charge on any atom is 0.352 e. The number of halogens is 2. The Kier molecular flexibility index (Phi) is 3.84. The van der Waals surface area contributed by atoms with Crippen LogP contribution in [0.4, 0.5) is 8.78 Å². The molecule has 5 nitrogen and oxygen atoms in total. The van der Waals surface area contributed by atoms with Gasteiger partial charge in [0.2, 0.25) is 0 Å². The molecule has 1 heterocycles. The number of aromatic nitrogens is 2. The van der Waals surface area contributed by atoms with E-state index in [9.17, 15) is 18.4 Å². The van der Waals surface area contributed by atoms with Gasteiger partial charge in [0.15, 0.2) is 0 Å². The van der Waals surface area contributed by atoms with Gasteiger partial charge >= 0.3 is 11.7 Å². The highest BCUT2D eigenvalue weighted by atomic mass is 19.1. The highest BCUT2D eigenvalue weighted by Gasteiger charge is 2.19. The molecule has 110 valence electrons. The smallest absolute Gasteiger partial charge is 0.352 e. The van der Waals surface area contributed by atoms with Crippen LogP contribution in [0.1, 0.15) is 17.0 Å². The van der Waals surface area contributed by atoms with E-state index in [4.69, 9.17) is 5.11 Å². The van der Waals surface area contributed by atoms with Crippen molar-refractivity contribution in [3.63, 3.8) is 0 Å². The Morgan fingerprint density at radius 2 is 1.86 bits per heavy atom. The SMILES string of the molecule is Cc1nc(=O)n(-c2c(F)cccc2F)c(C)c1CC(=O)O. The summed E-state index contributed by atoms with van der Waals surface area (Å²) in [7, 11) is 0. The third kappa shape index (κ3) is 2.67. The fraction of sp³-hybridized carbons (Fsp3) is 0.214. The van der Waals surface area contributed by atoms with Crippen LogP contribution in [0, 0.1) is 25.5 Å². The first-order valence-corrected chi connectivity index (χ1v) is 6.08. The van der Waals surface area contributed by atoms with E-state index in [2.05, 4.69) is 4.98 Å². The number of nitrogens with zero attached hydrogens (tertiary/aromatic N) is 2. The molecule has 0 aliphatic carbocycles. The van der Waals surface area contributed by atoms with Crippen LogP contribution in [0.2, 0.25) is 0 Å². The number of rotatable bonds is 3. The lowest BCUT2D eigenvalue weighted by atomic mass is 10.1. The van der Waals surface area contributed by atoms with Gasteiger partial charge in [-0.2, -0.15) is 4.98 Å². The Balaban J connectivity index is 2.81. The highest BCUT2D eigenvalue weighted by molar-refractivity contribution is 5.71. The molecule has 0 saturated carbocycles. The Morgan fingerprint density at radius 3 is 2.38 bits per heavy atom. The van der Waals surface area contributed by atoms with Gasteiger partial charge in [-0.25, -0.2) is 13.6 Å². The van der Waals surface area contributed by atoms with E-state index in [1.165, 1.54) is 19.9 Å². The third-order valence-electron chi connectivity index (χ3n) is 3.15. The lowest BCUT2D eigenvalue weighted by Crippen LogP contribution is -2.28. The van der Waals surface area contributed by atoms with E-state index >= 15 is 0 Å². The molecular formula is C14H12F2N2O3. The molecule has 0 spiro atoms. The van der Waals surface area contributed by atoms with Gasteiger partial charge in [-0.05, 0) is 26.0 Å². The van der Waals surface area contributed by atoms with Crippen LogP contribution in [-0.4, -0.2) is 20.6 Å². The number of hydrogen-bond acceptors (Lipinski definition) is 3. The fourth-order valence-corrected chi connectivity index (χ4v) is 2.17. The Hall–Kier alpha value is -2.57. The average Bonchev–Trinajstić information content (AvgIpc) is 2.37. The first kappa shape index (κ1) is 14.8. The standard InChI is InChI=1S/C14H12F2N2O3/c1-7-9(6-12(19)20)8(2)18(14(21)17-7)13-10(15)4-3-5-11(13)16/h3-5H,6H2,1-2H3,(H,19,20). The average molecular weight is 294 g/mol. The van der Waals surface area contributed by atoms with E-state index in [-0.39, 0.29) is 23.4 Å². The largest absolute Gasteiger partial charge is 0.481 e. The van der Waals surface area contributed by atoms with E-state index in [1.54, 1.807) is 0 Å². The third-order valence-corrected chi connectivity index (χ3v) is 3.15. The number of carboxylic acid groups (broad SMARTS) is 1. The van der Waals surface area contributed by atoms with Crippen molar-refractivity contribution in [3.05, 3.63) is 57.3 Å². The van der Waals surface area contributed by atoms with Gasteiger partial charge in [-0.1, -0.05) is 6.07 Å². The summed E-state index contributed by atoms with van der Waals surface area (Å²) in [4.78, 5) is 26.5. The predicted octanol–water partition coefficient (Wildman–Crippen LogP) is 1.75. The van der Waals surface area contributed by atoms with Crippen molar-refractivity contribution in [3.8, 4) is 5.69 Å². The summed E-state index contributed by atoms with van der Waals surface area (Å²) < 4.78 is 28.5. The van der Waals surface area contributed by atoms with Gasteiger partial charge in [0, 0.05) is 17.0 Å². The number of hydrogen-bond donors (Lipinski definition) is 1. The fourth-order valence-electron chi connectivity index (χ4n) is 2.17. The Labute approximate surface area is 118 Å². The molecule has 21 heavy (non-hydrogen) atoms. The number of carbonyl (C=O) groups is 1. The predicted molar refractivity (Wildman–Crippen MR) is 70.6 cm³/mol. The Bertz CT molecular complexity index is 764. The second kappa shape index (κ2) is 5.43. The highest BCUT2D eigenvalue weighted by Crippen LogP contribution is 2.20. The summed E-state index contributed by atoms with van der Waals surface area (Å²) in [5, 5.41) is 8.89. The van der Waals surface area contributed by atoms with Gasteiger partial charge in [0.25, 0.3) is 0 Å². The van der Waals surface area contributed by atoms with Crippen LogP contribution in [0.25, 0.3) is 5.69 Å². The van der Waals surface area contributed by atoms with Crippen molar-refractivity contribution in [2.24, 2.45) is 0 Å². The zero-order valence-corrected chi connectivity index (χ0v) is 11.4. The molecule has 7 heteroatoms. The monoisotopic (exact) mass is 294 g/mol. The van der Waals surface area contributed by atoms with Crippen molar-refractivity contribution in [1.29, 1.82) is 0 Å². The maximum absolute atomic E-state index is 13.8. The number of aryl methyl sites for hydroxylation is 1. The summed E-state index contributed by atoms with van der Waals surface area (Å²) in [5.41, 5.74) is -0.779. The molecule has 1 N–H and O–H groups in total. The molecule has 0 fully saturated rings. The molecule has 0 radical (unpaired) electrons. The van der Waals surface area contributed by atoms with Crippen molar-refractivity contribution >= 4 is 5.97 Å². The first-order chi connectivity index (χ1) is 9.82. The number of carboxylic acids is 1. The van der Waals surface area contributed by atoms with Crippen molar-refractivity contribution in [2.75, 3.05) is 0 Å². The zero-order valence-electron chi connectivity index (χ0n) is 11.4. The van der Waals surface area contributed by atoms with Gasteiger partial charge in [0.05, 0.1) is 6.42 Å². The molecule has 0 aliphatic heterocycles. The van der Waals surface area contributed by atoms with Crippen molar-refractivity contribution in [2.45, 2.75) is 20.3 Å². The van der Waals surface area contributed by atoms with Crippen LogP contribution >= 0.6 is 0 Å². The van der Waals surface area contributed by atoms with E-state index in [0.29, 0.717) is 0 Å². The zero-order chi connectivity index (χ0) is 15.7. The summed E-state index contributed by atoms with van der Waals surface area (Å²) in [6.45, 7) is 2.91. The molecule has 0 bridgehead atoms. The van der Waals surface area contributed by atoms with Crippen LogP contribution in [0.15, 0.2) is 23.0 Å². The van der Waals surface area contributed by atoms with E-state index in [0.717, 1.165) is 16.7 Å². The van der Waals surface area contributed by atoms with Crippen LogP contribution < -0.4 is 5.69 Å². The minimum atomic E-state index is -1.12. The van der Waals surface area contributed by atoms with E-state index in [1.807, 2.05) is 0 Å². The molecule has 0 atom stereocenters. The van der Waals surface area contributed by atoms with Gasteiger partial charge in [-0.15, -0.1) is 0 Å². The molecule has 1 aromatic heterocycles. The summed E-state index contributed by atoms with van der Waals surface area (Å²) in [5.74, 6) is -2.97. The molecule has 0 saturated heterocycles. The number of para-hydroxylation sites is 1. The Morgan fingerprint density at radius 1 is 1.29 bits per heavy atom. The molecule has 0 amide bonds. The number of aliphatic carboxylic acids is 1. The molecule has 2 aromatic rings. The lowest BCUT2D eigenvalue weighted by Gasteiger charge is -2.15. The van der Waals surface area contributed by atoms with Crippen molar-refractivity contribution in [1.82, 2.24) is 9.55 Å². The second-order valence-electron chi connectivity index (χ2n) is 4.52. The molecule has 0 unspecified atom stereocenters. The topological polar surface area (TPSA) is 72.2 Å². The minimum Gasteiger partial charge on any atom is -0.481 e. The molecule has 2 rings (SSSR count). The molecule has 1 aromatic carbocycles. The lowest BCUT2D eigenvalue weighted by molar-refractivity contribution is -0.136. The first-order valence-electron chi connectivity index (χ1n) is 6.08. The second-order valence-corrected chi connectivity index (χ2v) is 4.52. The molecular weight excluding hydrogens is 282 g/mol. The number of benzene rings is 1. The van der Waals surface area contributed by atoms with Gasteiger partial charge in [-0.3, -0.25) is 9.36 Å². The van der Waals surface area contributed by atoms with Gasteiger partial charge in [0.1, 0.15) is 17.3 Å². The van der Waals surface area contributed by atoms with Crippen LogP contribution in [-0.2, 0) is 11.2 Å². The minimum absolute atomic E-state index is 0.152. The van der Waals surface area contributed by atoms with Crippen LogP contribution in [0.5, 0.6) is 0 Å². The summed E-state index contributed by atoms with van der Waals surface area (Å²) in [6.07, 6.45) is -0.388. The molecule has 0 aliphatic rings.